The topological polar surface area (TPSA) is 12.9 Å². The van der Waals surface area contributed by atoms with Crippen LogP contribution >= 0.6 is 0 Å². The van der Waals surface area contributed by atoms with Gasteiger partial charge in [0.05, 0.1) is 10.9 Å². The molecule has 0 fully saturated rings. The summed E-state index contributed by atoms with van der Waals surface area (Å²) in [5.74, 6) is 0. The van der Waals surface area contributed by atoms with Gasteiger partial charge in [0.25, 0.3) is 0 Å². The fraction of sp³-hybridized carbons (Fsp3) is 0.108. The Hall–Kier alpha value is -4.49. The summed E-state index contributed by atoms with van der Waals surface area (Å²) in [6.45, 7) is 4.75. The lowest BCUT2D eigenvalue weighted by molar-refractivity contribution is 0.563. The summed E-state index contributed by atoms with van der Waals surface area (Å²) in [5.41, 5.74) is 14.0. The average molecular weight is 486 g/mol. The second kappa shape index (κ2) is 7.52. The summed E-state index contributed by atoms with van der Waals surface area (Å²) in [6, 6.07) is 44.9. The third-order valence-corrected chi connectivity index (χ3v) is 9.00. The number of hydrogen-bond acceptors (Lipinski definition) is 1. The average Bonchev–Trinajstić information content (AvgIpc) is 3.27. The maximum Gasteiger partial charge on any atom is 0.0780 e. The zero-order chi connectivity index (χ0) is 25.5. The number of aromatic nitrogens is 1. The van der Waals surface area contributed by atoms with E-state index in [1.165, 1.54) is 61.0 Å². The molecule has 0 bridgehead atoms. The molecule has 6 aromatic rings. The summed E-state index contributed by atoms with van der Waals surface area (Å²) < 4.78 is 0. The van der Waals surface area contributed by atoms with Crippen LogP contribution in [0, 0.1) is 0 Å². The summed E-state index contributed by atoms with van der Waals surface area (Å²) in [7, 11) is 0. The molecule has 0 N–H and O–H groups in total. The molecule has 0 saturated heterocycles. The van der Waals surface area contributed by atoms with Gasteiger partial charge < -0.3 is 0 Å². The quantitative estimate of drug-likeness (QED) is 0.226. The molecule has 1 nitrogen and oxygen atoms in total. The normalized spacial score (nSPS) is 15.5. The van der Waals surface area contributed by atoms with Crippen molar-refractivity contribution < 1.29 is 0 Å². The van der Waals surface area contributed by atoms with Gasteiger partial charge in [-0.25, -0.2) is 0 Å². The Labute approximate surface area is 223 Å². The largest absolute Gasteiger partial charge is 0.256 e. The lowest BCUT2D eigenvalue weighted by Gasteiger charge is -2.46. The summed E-state index contributed by atoms with van der Waals surface area (Å²) in [6.07, 6.45) is 1.90. The van der Waals surface area contributed by atoms with E-state index in [1.807, 2.05) is 12.3 Å². The van der Waals surface area contributed by atoms with Gasteiger partial charge in [-0.3, -0.25) is 4.98 Å². The molecule has 2 aliphatic rings. The maximum absolute atomic E-state index is 4.83. The van der Waals surface area contributed by atoms with Gasteiger partial charge in [0.2, 0.25) is 0 Å². The molecule has 1 aromatic heterocycles. The van der Waals surface area contributed by atoms with Gasteiger partial charge in [-0.2, -0.15) is 0 Å². The van der Waals surface area contributed by atoms with E-state index in [4.69, 9.17) is 4.98 Å². The van der Waals surface area contributed by atoms with Gasteiger partial charge in [-0.05, 0) is 56.1 Å². The van der Waals surface area contributed by atoms with Gasteiger partial charge in [0.1, 0.15) is 0 Å². The van der Waals surface area contributed by atoms with Crippen LogP contribution in [0.5, 0.6) is 0 Å². The van der Waals surface area contributed by atoms with Crippen molar-refractivity contribution in [1.82, 2.24) is 4.98 Å². The first-order valence-electron chi connectivity index (χ1n) is 13.4. The van der Waals surface area contributed by atoms with Gasteiger partial charge in [-0.1, -0.05) is 129 Å². The lowest BCUT2D eigenvalue weighted by Crippen LogP contribution is -2.40. The molecule has 5 aromatic carbocycles. The van der Waals surface area contributed by atoms with Crippen molar-refractivity contribution in [3.8, 4) is 22.3 Å². The van der Waals surface area contributed by atoms with E-state index in [0.29, 0.717) is 0 Å². The molecule has 0 radical (unpaired) electrons. The van der Waals surface area contributed by atoms with Crippen LogP contribution in [0.4, 0.5) is 0 Å². The highest BCUT2D eigenvalue weighted by atomic mass is 14.7. The molecule has 0 atom stereocenters. The van der Waals surface area contributed by atoms with Crippen LogP contribution in [0.15, 0.2) is 128 Å². The number of para-hydroxylation sites is 1. The van der Waals surface area contributed by atoms with E-state index < -0.39 is 0 Å². The predicted molar refractivity (Wildman–Crippen MR) is 157 cm³/mol. The second-order valence-electron chi connectivity index (χ2n) is 11.1. The van der Waals surface area contributed by atoms with Crippen LogP contribution in [0.25, 0.3) is 33.2 Å². The smallest absolute Gasteiger partial charge is 0.0780 e. The van der Waals surface area contributed by atoms with E-state index in [0.717, 1.165) is 5.52 Å². The van der Waals surface area contributed by atoms with Crippen molar-refractivity contribution in [3.05, 3.63) is 161 Å². The number of pyridine rings is 1. The van der Waals surface area contributed by atoms with E-state index in [9.17, 15) is 0 Å². The van der Waals surface area contributed by atoms with Crippen LogP contribution in [-0.2, 0) is 10.8 Å². The first-order chi connectivity index (χ1) is 18.6. The molecule has 1 spiro atoms. The molecule has 1 heterocycles. The first-order valence-corrected chi connectivity index (χ1v) is 13.4. The Morgan fingerprint density at radius 1 is 0.447 bits per heavy atom. The second-order valence-corrected chi connectivity index (χ2v) is 11.1. The monoisotopic (exact) mass is 485 g/mol. The molecule has 2 aliphatic carbocycles. The number of fused-ring (bicyclic) bond motifs is 10. The molecule has 180 valence electrons. The van der Waals surface area contributed by atoms with Gasteiger partial charge in [0, 0.05) is 22.6 Å². The van der Waals surface area contributed by atoms with E-state index in [-0.39, 0.29) is 10.8 Å². The van der Waals surface area contributed by atoms with Crippen LogP contribution in [0.2, 0.25) is 0 Å². The van der Waals surface area contributed by atoms with Crippen molar-refractivity contribution in [2.75, 3.05) is 0 Å². The minimum Gasteiger partial charge on any atom is -0.256 e. The van der Waals surface area contributed by atoms with E-state index in [1.54, 1.807) is 0 Å². The van der Waals surface area contributed by atoms with Gasteiger partial charge in [0.15, 0.2) is 0 Å². The van der Waals surface area contributed by atoms with Crippen molar-refractivity contribution >= 4 is 10.9 Å². The Balaban J connectivity index is 1.57. The maximum atomic E-state index is 4.83. The van der Waals surface area contributed by atoms with Crippen LogP contribution in [0.3, 0.4) is 0 Å². The molecule has 0 saturated carbocycles. The highest BCUT2D eigenvalue weighted by Crippen LogP contribution is 2.63. The van der Waals surface area contributed by atoms with Crippen molar-refractivity contribution in [2.45, 2.75) is 24.7 Å². The Morgan fingerprint density at radius 3 is 1.71 bits per heavy atom. The number of hydrogen-bond donors (Lipinski definition) is 0. The van der Waals surface area contributed by atoms with Crippen LogP contribution < -0.4 is 0 Å². The third kappa shape index (κ3) is 2.54. The first kappa shape index (κ1) is 21.6. The Bertz CT molecular complexity index is 1850. The molecular formula is C37H27N. The SMILES string of the molecule is CC1(C)c2ccccc2C2(c3ccccc3-c3c(-c4cccc5cccnc45)cccc32)c2ccccc21. The molecule has 8 rings (SSSR count). The summed E-state index contributed by atoms with van der Waals surface area (Å²) in [5, 5.41) is 1.17. The number of benzene rings is 5. The van der Waals surface area contributed by atoms with Crippen molar-refractivity contribution in [3.63, 3.8) is 0 Å². The van der Waals surface area contributed by atoms with E-state index in [2.05, 4.69) is 129 Å². The highest BCUT2D eigenvalue weighted by molar-refractivity contribution is 6.02. The Kier molecular flexibility index (Phi) is 4.27. The molecule has 0 amide bonds. The van der Waals surface area contributed by atoms with Gasteiger partial charge >= 0.3 is 0 Å². The third-order valence-electron chi connectivity index (χ3n) is 9.00. The number of rotatable bonds is 1. The molecule has 0 unspecified atom stereocenters. The van der Waals surface area contributed by atoms with Crippen LogP contribution in [0.1, 0.15) is 47.2 Å². The molecule has 0 aliphatic heterocycles. The fourth-order valence-corrected chi connectivity index (χ4v) is 7.45. The zero-order valence-corrected chi connectivity index (χ0v) is 21.6. The van der Waals surface area contributed by atoms with Gasteiger partial charge in [-0.15, -0.1) is 0 Å². The summed E-state index contributed by atoms with van der Waals surface area (Å²) in [4.78, 5) is 4.83. The fourth-order valence-electron chi connectivity index (χ4n) is 7.45. The standard InChI is InChI=1S/C37H27N/c1-36(2)29-18-5-7-20-31(29)37(32-21-8-6-19-30(32)36)28-17-4-3-14-27(28)34-25(15-10-22-33(34)37)26-16-9-12-24-13-11-23-38-35(24)26/h3-23H,1-2H3. The molecule has 38 heavy (non-hydrogen) atoms. The minimum absolute atomic E-state index is 0.0900. The zero-order valence-electron chi connectivity index (χ0n) is 21.6. The number of nitrogens with zero attached hydrogens (tertiary/aromatic N) is 1. The molecule has 1 heteroatoms. The van der Waals surface area contributed by atoms with Crippen molar-refractivity contribution in [1.29, 1.82) is 0 Å². The minimum atomic E-state index is -0.372. The van der Waals surface area contributed by atoms with Crippen LogP contribution in [-0.4, -0.2) is 4.98 Å². The predicted octanol–water partition coefficient (Wildman–Crippen LogP) is 8.90. The Morgan fingerprint density at radius 2 is 0.974 bits per heavy atom. The molecular weight excluding hydrogens is 458 g/mol. The van der Waals surface area contributed by atoms with E-state index >= 15 is 0 Å². The summed E-state index contributed by atoms with van der Waals surface area (Å²) >= 11 is 0. The van der Waals surface area contributed by atoms with Crippen molar-refractivity contribution in [2.24, 2.45) is 0 Å². The highest BCUT2D eigenvalue weighted by Gasteiger charge is 2.53. The lowest BCUT2D eigenvalue weighted by atomic mass is 9.55.